The lowest BCUT2D eigenvalue weighted by molar-refractivity contribution is -0.134. The van der Waals surface area contributed by atoms with Crippen LogP contribution >= 0.6 is 0 Å². The van der Waals surface area contributed by atoms with Gasteiger partial charge in [-0.2, -0.15) is 0 Å². The van der Waals surface area contributed by atoms with Gasteiger partial charge in [-0.05, 0) is 36.3 Å². The molecular formula is C15H20N2O3S. The number of sulfonamides is 1. The first-order valence-corrected chi connectivity index (χ1v) is 9.00. The summed E-state index contributed by atoms with van der Waals surface area (Å²) in [7, 11) is -3.46. The highest BCUT2D eigenvalue weighted by Gasteiger charge is 2.34. The van der Waals surface area contributed by atoms with E-state index >= 15 is 0 Å². The smallest absolute Gasteiger partial charge is 0.226 e. The molecule has 0 aromatic heterocycles. The van der Waals surface area contributed by atoms with Crippen molar-refractivity contribution in [3.05, 3.63) is 35.4 Å². The molecule has 0 saturated carbocycles. The molecule has 3 rings (SSSR count). The highest BCUT2D eigenvalue weighted by atomic mass is 32.2. The molecule has 0 bridgehead atoms. The molecule has 1 aliphatic heterocycles. The van der Waals surface area contributed by atoms with E-state index in [1.165, 1.54) is 11.1 Å². The van der Waals surface area contributed by atoms with Gasteiger partial charge < -0.3 is 4.90 Å². The van der Waals surface area contributed by atoms with E-state index in [0.717, 1.165) is 19.3 Å². The van der Waals surface area contributed by atoms with Crippen LogP contribution in [0, 0.1) is 11.8 Å². The van der Waals surface area contributed by atoms with Crippen molar-refractivity contribution >= 4 is 15.9 Å². The van der Waals surface area contributed by atoms with Gasteiger partial charge in [0, 0.05) is 19.0 Å². The number of amides is 1. The molecule has 1 amide bonds. The molecule has 6 heteroatoms. The summed E-state index contributed by atoms with van der Waals surface area (Å²) >= 11 is 0. The summed E-state index contributed by atoms with van der Waals surface area (Å²) in [6, 6.07) is 8.17. The molecule has 1 aliphatic carbocycles. The molecule has 1 heterocycles. The molecule has 0 spiro atoms. The number of nitrogens with zero attached hydrogens (tertiary/aromatic N) is 1. The second-order valence-electron chi connectivity index (χ2n) is 6.14. The van der Waals surface area contributed by atoms with E-state index in [0.29, 0.717) is 13.1 Å². The van der Waals surface area contributed by atoms with Gasteiger partial charge in [-0.25, -0.2) is 13.6 Å². The van der Waals surface area contributed by atoms with Gasteiger partial charge in [-0.1, -0.05) is 24.3 Å². The van der Waals surface area contributed by atoms with Crippen LogP contribution in [0.5, 0.6) is 0 Å². The minimum absolute atomic E-state index is 0.00985. The molecule has 2 N–H and O–H groups in total. The topological polar surface area (TPSA) is 80.5 Å². The number of carbonyl (C=O) groups excluding carboxylic acids is 1. The first-order valence-electron chi connectivity index (χ1n) is 7.28. The van der Waals surface area contributed by atoms with Crippen LogP contribution in [0.15, 0.2) is 24.3 Å². The minimum Gasteiger partial charge on any atom is -0.342 e. The number of likely N-dealkylation sites (tertiary alicyclic amines) is 1. The van der Waals surface area contributed by atoms with Crippen LogP contribution in [0.2, 0.25) is 0 Å². The zero-order valence-electron chi connectivity index (χ0n) is 11.9. The number of hydrogen-bond acceptors (Lipinski definition) is 3. The predicted molar refractivity (Wildman–Crippen MR) is 80.0 cm³/mol. The fourth-order valence-corrected chi connectivity index (χ4v) is 4.42. The van der Waals surface area contributed by atoms with E-state index in [9.17, 15) is 13.2 Å². The van der Waals surface area contributed by atoms with Crippen LogP contribution in [0.25, 0.3) is 0 Å². The van der Waals surface area contributed by atoms with Crippen LogP contribution in [-0.4, -0.2) is 38.1 Å². The number of hydrogen-bond donors (Lipinski definition) is 1. The van der Waals surface area contributed by atoms with Crippen molar-refractivity contribution in [2.45, 2.75) is 19.3 Å². The summed E-state index contributed by atoms with van der Waals surface area (Å²) in [4.78, 5) is 14.4. The van der Waals surface area contributed by atoms with E-state index in [4.69, 9.17) is 5.14 Å². The summed E-state index contributed by atoms with van der Waals surface area (Å²) in [6.07, 6.45) is 2.32. The number of nitrogens with two attached hydrogens (primary N) is 1. The Hall–Kier alpha value is -1.40. The fraction of sp³-hybridized carbons (Fsp3) is 0.533. The lowest BCUT2D eigenvalue weighted by Gasteiger charge is -2.20. The van der Waals surface area contributed by atoms with Gasteiger partial charge in [0.05, 0.1) is 5.75 Å². The number of benzene rings is 1. The van der Waals surface area contributed by atoms with Crippen LogP contribution < -0.4 is 5.14 Å². The Morgan fingerprint density at radius 2 is 1.86 bits per heavy atom. The van der Waals surface area contributed by atoms with Crippen molar-refractivity contribution < 1.29 is 13.2 Å². The van der Waals surface area contributed by atoms with Crippen molar-refractivity contribution in [1.29, 1.82) is 0 Å². The molecule has 1 aromatic rings. The first-order chi connectivity index (χ1) is 9.92. The molecule has 114 valence electrons. The molecule has 1 unspecified atom stereocenters. The summed E-state index contributed by atoms with van der Waals surface area (Å²) in [5.41, 5.74) is 2.52. The first kappa shape index (κ1) is 14.5. The highest BCUT2D eigenvalue weighted by Crippen LogP contribution is 2.29. The second kappa shape index (κ2) is 5.42. The molecule has 1 fully saturated rings. The van der Waals surface area contributed by atoms with Gasteiger partial charge in [0.1, 0.15) is 0 Å². The van der Waals surface area contributed by atoms with Crippen molar-refractivity contribution in [2.24, 2.45) is 17.0 Å². The van der Waals surface area contributed by atoms with Crippen LogP contribution in [0.4, 0.5) is 0 Å². The Bertz CT molecular complexity index is 632. The van der Waals surface area contributed by atoms with E-state index < -0.39 is 10.0 Å². The Morgan fingerprint density at radius 1 is 1.24 bits per heavy atom. The quantitative estimate of drug-likeness (QED) is 0.885. The van der Waals surface area contributed by atoms with Crippen molar-refractivity contribution in [3.63, 3.8) is 0 Å². The minimum atomic E-state index is -3.46. The monoisotopic (exact) mass is 308 g/mol. The molecule has 5 nitrogen and oxygen atoms in total. The van der Waals surface area contributed by atoms with Crippen LogP contribution in [0.1, 0.15) is 17.5 Å². The molecule has 1 saturated heterocycles. The lowest BCUT2D eigenvalue weighted by Crippen LogP contribution is -2.35. The van der Waals surface area contributed by atoms with Crippen molar-refractivity contribution in [1.82, 2.24) is 4.90 Å². The van der Waals surface area contributed by atoms with Gasteiger partial charge >= 0.3 is 0 Å². The molecule has 1 atom stereocenters. The Labute approximate surface area is 125 Å². The predicted octanol–water partition coefficient (Wildman–Crippen LogP) is 0.538. The van der Waals surface area contributed by atoms with E-state index in [2.05, 4.69) is 12.1 Å². The zero-order chi connectivity index (χ0) is 15.0. The summed E-state index contributed by atoms with van der Waals surface area (Å²) in [6.45, 7) is 1.16. The van der Waals surface area contributed by atoms with Crippen molar-refractivity contribution in [2.75, 3.05) is 18.8 Å². The molecule has 21 heavy (non-hydrogen) atoms. The van der Waals surface area contributed by atoms with E-state index in [1.54, 1.807) is 0 Å². The Balaban J connectivity index is 1.61. The van der Waals surface area contributed by atoms with Crippen molar-refractivity contribution in [3.8, 4) is 0 Å². The van der Waals surface area contributed by atoms with E-state index in [1.807, 2.05) is 17.0 Å². The normalized spacial score (nSPS) is 22.5. The SMILES string of the molecule is NS(=O)(=O)CC1CCN(C(=O)C2Cc3ccccc3C2)C1. The number of primary sulfonamides is 1. The van der Waals surface area contributed by atoms with Crippen LogP contribution in [-0.2, 0) is 27.7 Å². The average molecular weight is 308 g/mol. The number of carbonyl (C=O) groups is 1. The summed E-state index contributed by atoms with van der Waals surface area (Å²) in [5.74, 6) is 0.119. The summed E-state index contributed by atoms with van der Waals surface area (Å²) < 4.78 is 22.3. The van der Waals surface area contributed by atoms with Gasteiger partial charge in [0.2, 0.25) is 15.9 Å². The summed E-state index contributed by atoms with van der Waals surface area (Å²) in [5, 5.41) is 5.09. The van der Waals surface area contributed by atoms with Crippen LogP contribution in [0.3, 0.4) is 0 Å². The van der Waals surface area contributed by atoms with E-state index in [-0.39, 0.29) is 23.5 Å². The largest absolute Gasteiger partial charge is 0.342 e. The maximum Gasteiger partial charge on any atom is 0.226 e. The number of rotatable bonds is 3. The van der Waals surface area contributed by atoms with Gasteiger partial charge in [0.15, 0.2) is 0 Å². The highest BCUT2D eigenvalue weighted by molar-refractivity contribution is 7.89. The lowest BCUT2D eigenvalue weighted by atomic mass is 10.1. The third-order valence-corrected chi connectivity index (χ3v) is 5.40. The van der Waals surface area contributed by atoms with Gasteiger partial charge in [-0.15, -0.1) is 0 Å². The second-order valence-corrected chi connectivity index (χ2v) is 7.80. The van der Waals surface area contributed by atoms with Gasteiger partial charge in [-0.3, -0.25) is 4.79 Å². The average Bonchev–Trinajstić information content (AvgIpc) is 3.01. The number of fused-ring (bicyclic) bond motifs is 1. The third kappa shape index (κ3) is 3.27. The zero-order valence-corrected chi connectivity index (χ0v) is 12.7. The van der Waals surface area contributed by atoms with Gasteiger partial charge in [0.25, 0.3) is 0 Å². The molecule has 2 aliphatic rings. The molecule has 0 radical (unpaired) electrons. The Morgan fingerprint density at radius 3 is 2.43 bits per heavy atom. The standard InChI is InChI=1S/C15H20N2O3S/c16-21(19,20)10-11-5-6-17(9-11)15(18)14-7-12-3-1-2-4-13(12)8-14/h1-4,11,14H,5-10H2,(H2,16,19,20). The maximum absolute atomic E-state index is 12.6. The molecular weight excluding hydrogens is 288 g/mol. The Kier molecular flexibility index (Phi) is 3.75. The maximum atomic E-state index is 12.6. The fourth-order valence-electron chi connectivity index (χ4n) is 3.49. The third-order valence-electron chi connectivity index (χ3n) is 4.47. The molecule has 1 aromatic carbocycles.